The average Bonchev–Trinajstić information content (AvgIpc) is 3.58. The number of nitrogens with zero attached hydrogens (tertiary/aromatic N) is 4. The summed E-state index contributed by atoms with van der Waals surface area (Å²) in [5, 5.41) is 49.2. The summed E-state index contributed by atoms with van der Waals surface area (Å²) in [6.45, 7) is 14.8. The second-order valence-electron chi connectivity index (χ2n) is 19.6. The lowest BCUT2D eigenvalue weighted by Gasteiger charge is -2.19. The number of ether oxygens (including phenoxy) is 2. The Balaban J connectivity index is 0.000000184. The van der Waals surface area contributed by atoms with Crippen molar-refractivity contribution in [3.63, 3.8) is 0 Å². The maximum absolute atomic E-state index is 10.1. The highest BCUT2D eigenvalue weighted by molar-refractivity contribution is 5.94. The first-order chi connectivity index (χ1) is 35.9. The number of aliphatic carboxylic acids is 1. The lowest BCUT2D eigenvalue weighted by molar-refractivity contribution is -0.134. The molecule has 0 atom stereocenters. The topological polar surface area (TPSA) is 153 Å². The molecule has 0 spiro atoms. The van der Waals surface area contributed by atoms with Gasteiger partial charge in [0.15, 0.2) is 0 Å². The second-order valence-corrected chi connectivity index (χ2v) is 19.6. The number of phenolic OH excluding ortho intramolecular Hbond substituents is 4. The van der Waals surface area contributed by atoms with Gasteiger partial charge in [-0.3, -0.25) is 14.6 Å². The second kappa shape index (κ2) is 25.5. The van der Waals surface area contributed by atoms with Crippen LogP contribution < -0.4 is 9.47 Å². The van der Waals surface area contributed by atoms with Crippen molar-refractivity contribution in [2.75, 3.05) is 52.5 Å². The standard InChI is InChI=1S/2C30H34N2O3.C2H4O2/c2*1-22-28-20-26(34)12-15-29(28)32(30(22)24-8-10-25(33)11-9-24)21-23-6-13-27(14-7-23)35-19-18-31-16-4-2-3-5-17-31;1-2(3)4/h2*6-15,20,33-34H,2-5,16-19,21H2,1H3;1H3,(H,3,4). The maximum Gasteiger partial charge on any atom is 0.300 e. The van der Waals surface area contributed by atoms with Crippen molar-refractivity contribution in [2.24, 2.45) is 0 Å². The molecule has 2 aliphatic heterocycles. The number of aromatic nitrogens is 2. The number of likely N-dealkylation sites (tertiary alicyclic amines) is 2. The number of carboxylic acid groups (broad SMARTS) is 1. The molecule has 6 aromatic carbocycles. The zero-order valence-electron chi connectivity index (χ0n) is 43.2. The van der Waals surface area contributed by atoms with E-state index in [1.54, 1.807) is 36.4 Å². The van der Waals surface area contributed by atoms with Crippen LogP contribution in [0.2, 0.25) is 0 Å². The number of carbonyl (C=O) groups is 1. The molecule has 388 valence electrons. The van der Waals surface area contributed by atoms with Crippen LogP contribution in [0.1, 0.15) is 80.5 Å². The summed E-state index contributed by atoms with van der Waals surface area (Å²) in [7, 11) is 0. The quantitative estimate of drug-likeness (QED) is 0.0712. The number of carboxylic acids is 1. The van der Waals surface area contributed by atoms with Crippen molar-refractivity contribution >= 4 is 27.8 Å². The van der Waals surface area contributed by atoms with Crippen LogP contribution in [0.5, 0.6) is 34.5 Å². The van der Waals surface area contributed by atoms with Crippen LogP contribution in [0.15, 0.2) is 133 Å². The van der Waals surface area contributed by atoms with Crippen LogP contribution in [-0.2, 0) is 17.9 Å². The molecule has 0 radical (unpaired) electrons. The summed E-state index contributed by atoms with van der Waals surface area (Å²) >= 11 is 0. The van der Waals surface area contributed by atoms with Gasteiger partial charge in [0.05, 0.1) is 11.4 Å². The number of benzene rings is 6. The third-order valence-electron chi connectivity index (χ3n) is 14.2. The molecule has 5 N–H and O–H groups in total. The summed E-state index contributed by atoms with van der Waals surface area (Å²) in [4.78, 5) is 14.0. The Morgan fingerprint density at radius 3 is 1.12 bits per heavy atom. The Bertz CT molecular complexity index is 2850. The van der Waals surface area contributed by atoms with Gasteiger partial charge in [0.25, 0.3) is 5.97 Å². The highest BCUT2D eigenvalue weighted by Crippen LogP contribution is 2.38. The number of phenols is 4. The zero-order chi connectivity index (χ0) is 52.0. The van der Waals surface area contributed by atoms with Gasteiger partial charge >= 0.3 is 0 Å². The SMILES string of the molecule is CC(=O)O.Cc1c(-c2ccc(O)cc2)n(Cc2ccc(OCCN3CCCCCC3)cc2)c2ccc(O)cc12.Cc1c(-c2ccc(O)cc2)n(Cc2ccc(OCCN3CCCCCC3)cc2)c2ccc(O)cc12. The van der Waals surface area contributed by atoms with Crippen LogP contribution in [-0.4, -0.2) is 103 Å². The van der Waals surface area contributed by atoms with Gasteiger partial charge < -0.3 is 44.1 Å². The number of rotatable bonds is 14. The fourth-order valence-electron chi connectivity index (χ4n) is 10.4. The highest BCUT2D eigenvalue weighted by atomic mass is 16.5. The Labute approximate surface area is 435 Å². The van der Waals surface area contributed by atoms with Gasteiger partial charge in [-0.1, -0.05) is 49.9 Å². The minimum absolute atomic E-state index is 0.248. The van der Waals surface area contributed by atoms with Crippen LogP contribution in [0, 0.1) is 13.8 Å². The van der Waals surface area contributed by atoms with E-state index in [0.717, 1.165) is 100 Å². The van der Waals surface area contributed by atoms with Gasteiger partial charge in [-0.05, 0) is 208 Å². The molecular weight excluding hydrogens is 929 g/mol. The van der Waals surface area contributed by atoms with Gasteiger partial charge in [-0.2, -0.15) is 0 Å². The fraction of sp³-hybridized carbons (Fsp3) is 0.339. The normalized spacial score (nSPS) is 14.3. The summed E-state index contributed by atoms with van der Waals surface area (Å²) in [5.74, 6) is 1.99. The van der Waals surface area contributed by atoms with Gasteiger partial charge in [-0.15, -0.1) is 0 Å². The van der Waals surface area contributed by atoms with Crippen LogP contribution in [0.4, 0.5) is 0 Å². The number of aryl methyl sites for hydroxylation is 2. The first-order valence-corrected chi connectivity index (χ1v) is 26.2. The van der Waals surface area contributed by atoms with Crippen LogP contribution in [0.25, 0.3) is 44.3 Å². The average molecular weight is 1000 g/mol. The van der Waals surface area contributed by atoms with Crippen LogP contribution >= 0.6 is 0 Å². The van der Waals surface area contributed by atoms with E-state index in [9.17, 15) is 20.4 Å². The fourth-order valence-corrected chi connectivity index (χ4v) is 10.4. The van der Waals surface area contributed by atoms with E-state index >= 15 is 0 Å². The van der Waals surface area contributed by atoms with Crippen molar-refractivity contribution in [3.8, 4) is 57.0 Å². The van der Waals surface area contributed by atoms with Gasteiger partial charge in [0.2, 0.25) is 0 Å². The molecule has 4 heterocycles. The molecule has 0 aliphatic carbocycles. The smallest absolute Gasteiger partial charge is 0.300 e. The van der Waals surface area contributed by atoms with Crippen LogP contribution in [0.3, 0.4) is 0 Å². The monoisotopic (exact) mass is 1000 g/mol. The van der Waals surface area contributed by atoms with E-state index in [0.29, 0.717) is 13.1 Å². The number of aromatic hydroxyl groups is 4. The molecule has 2 aromatic heterocycles. The zero-order valence-corrected chi connectivity index (χ0v) is 43.2. The summed E-state index contributed by atoms with van der Waals surface area (Å²) in [6.07, 6.45) is 10.6. The van der Waals surface area contributed by atoms with Crippen molar-refractivity contribution in [1.82, 2.24) is 18.9 Å². The van der Waals surface area contributed by atoms with Gasteiger partial charge in [0.1, 0.15) is 47.7 Å². The molecule has 0 saturated carbocycles. The first kappa shape index (κ1) is 52.9. The molecule has 0 bridgehead atoms. The minimum atomic E-state index is -0.833. The summed E-state index contributed by atoms with van der Waals surface area (Å²) in [6, 6.07) is 42.4. The molecule has 8 aromatic rings. The van der Waals surface area contributed by atoms with E-state index in [2.05, 4.69) is 81.3 Å². The molecule has 12 heteroatoms. The van der Waals surface area contributed by atoms with Gasteiger partial charge in [0, 0.05) is 54.9 Å². The third-order valence-corrected chi connectivity index (χ3v) is 14.2. The highest BCUT2D eigenvalue weighted by Gasteiger charge is 2.19. The predicted molar refractivity (Wildman–Crippen MR) is 296 cm³/mol. The lowest BCUT2D eigenvalue weighted by Crippen LogP contribution is -2.29. The molecule has 10 rings (SSSR count). The Morgan fingerprint density at radius 1 is 0.459 bits per heavy atom. The van der Waals surface area contributed by atoms with E-state index in [4.69, 9.17) is 19.4 Å². The maximum atomic E-state index is 10.1. The molecule has 2 saturated heterocycles. The summed E-state index contributed by atoms with van der Waals surface area (Å²) in [5.41, 5.74) is 10.9. The molecule has 0 unspecified atom stereocenters. The van der Waals surface area contributed by atoms with Crippen molar-refractivity contribution in [3.05, 3.63) is 156 Å². The summed E-state index contributed by atoms with van der Waals surface area (Å²) < 4.78 is 16.7. The Hall–Kier alpha value is -7.41. The van der Waals surface area contributed by atoms with Crippen molar-refractivity contribution in [2.45, 2.75) is 85.2 Å². The van der Waals surface area contributed by atoms with Crippen molar-refractivity contribution in [1.29, 1.82) is 0 Å². The van der Waals surface area contributed by atoms with Gasteiger partial charge in [-0.25, -0.2) is 0 Å². The number of fused-ring (bicyclic) bond motifs is 2. The van der Waals surface area contributed by atoms with E-state index in [1.807, 2.05) is 48.5 Å². The number of hydrogen-bond acceptors (Lipinski definition) is 9. The van der Waals surface area contributed by atoms with E-state index in [-0.39, 0.29) is 23.0 Å². The molecule has 12 nitrogen and oxygen atoms in total. The first-order valence-electron chi connectivity index (χ1n) is 26.2. The lowest BCUT2D eigenvalue weighted by atomic mass is 10.1. The van der Waals surface area contributed by atoms with E-state index in [1.165, 1.54) is 88.7 Å². The van der Waals surface area contributed by atoms with Crippen molar-refractivity contribution < 1.29 is 39.8 Å². The molecule has 2 fully saturated rings. The molecule has 74 heavy (non-hydrogen) atoms. The predicted octanol–water partition coefficient (Wildman–Crippen LogP) is 12.8. The van der Waals surface area contributed by atoms with E-state index < -0.39 is 5.97 Å². The Kier molecular flexibility index (Phi) is 18.2. The molecular formula is C62H72N4O8. The third kappa shape index (κ3) is 14.0. The molecule has 0 amide bonds. The minimum Gasteiger partial charge on any atom is -0.508 e. The largest absolute Gasteiger partial charge is 0.508 e. The molecule has 2 aliphatic rings. The number of hydrogen-bond donors (Lipinski definition) is 5. The Morgan fingerprint density at radius 2 is 0.784 bits per heavy atom.